The summed E-state index contributed by atoms with van der Waals surface area (Å²) in [4.78, 5) is 38.1. The summed E-state index contributed by atoms with van der Waals surface area (Å²) < 4.78 is 0. The molecular formula is C16H14N4O4S. The number of nitrogen functional groups attached to an aromatic ring is 1. The van der Waals surface area contributed by atoms with Gasteiger partial charge in [0.2, 0.25) is 5.56 Å². The van der Waals surface area contributed by atoms with E-state index in [9.17, 15) is 19.7 Å². The molecule has 0 aliphatic rings. The summed E-state index contributed by atoms with van der Waals surface area (Å²) in [6.45, 7) is 3.45. The van der Waals surface area contributed by atoms with Gasteiger partial charge in [-0.1, -0.05) is 6.07 Å². The number of carbonyl (C=O) groups is 1. The normalized spacial score (nSPS) is 10.8. The van der Waals surface area contributed by atoms with Gasteiger partial charge in [0.25, 0.3) is 11.6 Å². The van der Waals surface area contributed by atoms with Crippen molar-refractivity contribution in [2.75, 3.05) is 11.1 Å². The fourth-order valence-corrected chi connectivity index (χ4v) is 3.67. The van der Waals surface area contributed by atoms with Crippen LogP contribution in [0.15, 0.2) is 29.1 Å². The quantitative estimate of drug-likeness (QED) is 0.489. The van der Waals surface area contributed by atoms with Crippen molar-refractivity contribution in [3.8, 4) is 0 Å². The number of nitro groups is 1. The highest BCUT2D eigenvalue weighted by Crippen LogP contribution is 2.35. The summed E-state index contributed by atoms with van der Waals surface area (Å²) in [7, 11) is 0. The van der Waals surface area contributed by atoms with E-state index in [1.165, 1.54) is 18.2 Å². The SMILES string of the molecule is Cc1ccc(NC(=O)c2sc3[nH]c(=O)cc(C)c3c2N)c([N+](=O)[O-])c1. The Kier molecular flexibility index (Phi) is 4.01. The number of fused-ring (bicyclic) bond motifs is 1. The Morgan fingerprint density at radius 1 is 1.32 bits per heavy atom. The van der Waals surface area contributed by atoms with Crippen molar-refractivity contribution in [1.29, 1.82) is 0 Å². The van der Waals surface area contributed by atoms with Gasteiger partial charge in [-0.2, -0.15) is 0 Å². The number of aromatic nitrogens is 1. The van der Waals surface area contributed by atoms with E-state index in [4.69, 9.17) is 5.73 Å². The third-order valence-corrected chi connectivity index (χ3v) is 4.85. The van der Waals surface area contributed by atoms with Crippen LogP contribution in [0.5, 0.6) is 0 Å². The van der Waals surface area contributed by atoms with Crippen LogP contribution in [0.1, 0.15) is 20.8 Å². The van der Waals surface area contributed by atoms with Crippen LogP contribution in [0.25, 0.3) is 10.2 Å². The molecule has 0 aliphatic carbocycles. The predicted molar refractivity (Wildman–Crippen MR) is 97.4 cm³/mol. The van der Waals surface area contributed by atoms with E-state index in [2.05, 4.69) is 10.3 Å². The maximum atomic E-state index is 12.6. The lowest BCUT2D eigenvalue weighted by Crippen LogP contribution is -2.13. The molecule has 3 rings (SSSR count). The molecule has 9 heteroatoms. The van der Waals surface area contributed by atoms with Crippen LogP contribution in [0.4, 0.5) is 17.1 Å². The Bertz CT molecular complexity index is 1080. The molecule has 0 radical (unpaired) electrons. The van der Waals surface area contributed by atoms with Gasteiger partial charge < -0.3 is 16.0 Å². The first kappa shape index (κ1) is 16.7. The average Bonchev–Trinajstić information content (AvgIpc) is 2.85. The van der Waals surface area contributed by atoms with Crippen LogP contribution in [0, 0.1) is 24.0 Å². The molecule has 2 aromatic heterocycles. The van der Waals surface area contributed by atoms with Gasteiger partial charge >= 0.3 is 0 Å². The molecule has 3 aromatic rings. The van der Waals surface area contributed by atoms with Crippen molar-refractivity contribution in [2.45, 2.75) is 13.8 Å². The summed E-state index contributed by atoms with van der Waals surface area (Å²) in [5, 5.41) is 14.3. The number of carbonyl (C=O) groups excluding carboxylic acids is 1. The minimum atomic E-state index is -0.564. The molecular weight excluding hydrogens is 344 g/mol. The van der Waals surface area contributed by atoms with Crippen LogP contribution in [0.3, 0.4) is 0 Å². The van der Waals surface area contributed by atoms with Gasteiger partial charge in [0, 0.05) is 17.5 Å². The lowest BCUT2D eigenvalue weighted by molar-refractivity contribution is -0.384. The van der Waals surface area contributed by atoms with Crippen molar-refractivity contribution < 1.29 is 9.72 Å². The van der Waals surface area contributed by atoms with Crippen LogP contribution in [-0.2, 0) is 0 Å². The molecule has 8 nitrogen and oxygen atoms in total. The molecule has 25 heavy (non-hydrogen) atoms. The van der Waals surface area contributed by atoms with Crippen molar-refractivity contribution in [2.24, 2.45) is 0 Å². The Morgan fingerprint density at radius 2 is 2.04 bits per heavy atom. The van der Waals surface area contributed by atoms with Crippen molar-refractivity contribution in [3.05, 3.63) is 60.7 Å². The Hall–Kier alpha value is -3.20. The van der Waals surface area contributed by atoms with Crippen molar-refractivity contribution in [3.63, 3.8) is 0 Å². The van der Waals surface area contributed by atoms with E-state index in [0.717, 1.165) is 11.3 Å². The first-order valence-corrected chi connectivity index (χ1v) is 8.08. The minimum Gasteiger partial charge on any atom is -0.397 e. The van der Waals surface area contributed by atoms with E-state index in [1.54, 1.807) is 19.9 Å². The van der Waals surface area contributed by atoms with Gasteiger partial charge in [0.05, 0.1) is 10.6 Å². The number of amides is 1. The van der Waals surface area contributed by atoms with Crippen molar-refractivity contribution in [1.82, 2.24) is 4.98 Å². The summed E-state index contributed by atoms with van der Waals surface area (Å²) >= 11 is 1.03. The van der Waals surface area contributed by atoms with Gasteiger partial charge in [-0.15, -0.1) is 11.3 Å². The highest BCUT2D eigenvalue weighted by atomic mass is 32.1. The highest BCUT2D eigenvalue weighted by molar-refractivity contribution is 7.21. The maximum Gasteiger partial charge on any atom is 0.293 e. The number of thiophene rings is 1. The first-order valence-electron chi connectivity index (χ1n) is 7.26. The third kappa shape index (κ3) is 2.96. The van der Waals surface area contributed by atoms with E-state index in [-0.39, 0.29) is 27.5 Å². The lowest BCUT2D eigenvalue weighted by atomic mass is 10.1. The topological polar surface area (TPSA) is 131 Å². The van der Waals surface area contributed by atoms with Gasteiger partial charge in [0.1, 0.15) is 15.4 Å². The molecule has 1 aromatic carbocycles. The number of nitro benzene ring substituents is 1. The predicted octanol–water partition coefficient (Wildman–Crippen LogP) is 2.95. The number of benzene rings is 1. The highest BCUT2D eigenvalue weighted by Gasteiger charge is 2.22. The van der Waals surface area contributed by atoms with E-state index < -0.39 is 10.8 Å². The zero-order chi connectivity index (χ0) is 18.3. The number of pyridine rings is 1. The third-order valence-electron chi connectivity index (χ3n) is 3.73. The number of nitrogens with one attached hydrogen (secondary N) is 2. The molecule has 1 amide bonds. The Morgan fingerprint density at radius 3 is 2.72 bits per heavy atom. The Balaban J connectivity index is 2.04. The molecule has 0 aliphatic heterocycles. The second-order valence-corrected chi connectivity index (χ2v) is 6.62. The van der Waals surface area contributed by atoms with Crippen LogP contribution in [0.2, 0.25) is 0 Å². The van der Waals surface area contributed by atoms with E-state index >= 15 is 0 Å². The van der Waals surface area contributed by atoms with E-state index in [0.29, 0.717) is 21.3 Å². The smallest absolute Gasteiger partial charge is 0.293 e. The van der Waals surface area contributed by atoms with Gasteiger partial charge in [-0.25, -0.2) is 0 Å². The molecule has 0 spiro atoms. The molecule has 0 atom stereocenters. The number of nitrogens with zero attached hydrogens (tertiary/aromatic N) is 1. The van der Waals surface area contributed by atoms with Crippen LogP contribution in [-0.4, -0.2) is 15.8 Å². The largest absolute Gasteiger partial charge is 0.397 e. The molecule has 0 bridgehead atoms. The number of rotatable bonds is 3. The molecule has 128 valence electrons. The number of H-pyrrole nitrogens is 1. The summed E-state index contributed by atoms with van der Waals surface area (Å²) in [5.74, 6) is -0.564. The summed E-state index contributed by atoms with van der Waals surface area (Å²) in [5.41, 5.74) is 7.27. The monoisotopic (exact) mass is 358 g/mol. The standard InChI is InChI=1S/C16H14N4O4S/c1-7-3-4-9(10(5-7)20(23)24)18-15(22)14-13(17)12-8(2)6-11(21)19-16(12)25-14/h3-6H,17H2,1-2H3,(H,18,22)(H,19,21). The molecule has 0 saturated carbocycles. The van der Waals surface area contributed by atoms with E-state index in [1.807, 2.05) is 0 Å². The second kappa shape index (κ2) is 6.02. The van der Waals surface area contributed by atoms with Crippen molar-refractivity contribution >= 4 is 44.5 Å². The zero-order valence-corrected chi connectivity index (χ0v) is 14.2. The number of nitrogens with two attached hydrogens (primary N) is 1. The fraction of sp³-hybridized carbons (Fsp3) is 0.125. The lowest BCUT2D eigenvalue weighted by Gasteiger charge is -2.06. The molecule has 0 fully saturated rings. The molecule has 0 saturated heterocycles. The first-order chi connectivity index (χ1) is 11.8. The van der Waals surface area contributed by atoms with Gasteiger partial charge in [-0.3, -0.25) is 19.7 Å². The second-order valence-electron chi connectivity index (χ2n) is 5.60. The number of aryl methyl sites for hydroxylation is 2. The molecule has 2 heterocycles. The average molecular weight is 358 g/mol. The van der Waals surface area contributed by atoms with Gasteiger partial charge in [0.15, 0.2) is 0 Å². The number of anilines is 2. The minimum absolute atomic E-state index is 0.0858. The molecule has 0 unspecified atom stereocenters. The van der Waals surface area contributed by atoms with Gasteiger partial charge in [-0.05, 0) is 31.0 Å². The summed E-state index contributed by atoms with van der Waals surface area (Å²) in [6.07, 6.45) is 0. The zero-order valence-electron chi connectivity index (χ0n) is 13.4. The number of hydrogen-bond donors (Lipinski definition) is 3. The van der Waals surface area contributed by atoms with Crippen LogP contribution >= 0.6 is 11.3 Å². The summed E-state index contributed by atoms with van der Waals surface area (Å²) in [6, 6.07) is 5.92. The number of aromatic amines is 1. The Labute approximate surface area is 145 Å². The molecule has 4 N–H and O–H groups in total. The maximum absolute atomic E-state index is 12.6. The fourth-order valence-electron chi connectivity index (χ4n) is 2.59. The number of hydrogen-bond acceptors (Lipinski definition) is 6. The van der Waals surface area contributed by atoms with Crippen LogP contribution < -0.4 is 16.6 Å².